The van der Waals surface area contributed by atoms with Crippen molar-refractivity contribution in [3.05, 3.63) is 29.8 Å². The highest BCUT2D eigenvalue weighted by Gasteiger charge is 2.38. The normalized spacial score (nSPS) is 10.8. The molecular weight excluding hydrogens is 259 g/mol. The minimum Gasteiger partial charge on any atom is -0.318 e. The van der Waals surface area contributed by atoms with E-state index in [-0.39, 0.29) is 5.69 Å². The first kappa shape index (κ1) is 15.0. The van der Waals surface area contributed by atoms with Crippen LogP contribution in [0, 0.1) is 11.3 Å². The molecule has 0 spiro atoms. The molecule has 1 amide bonds. The van der Waals surface area contributed by atoms with E-state index in [1.54, 1.807) is 17.4 Å². The van der Waals surface area contributed by atoms with Crippen LogP contribution in [0.2, 0.25) is 0 Å². The standard InChI is InChI=1S/C12H12F3N3O/c13-12(14,15)11(19)18-10-4-1-3-9(7-10)8-17-6-2-5-16/h1,3-4,7,17H,2,6,8H2,(H,18,19). The zero-order valence-electron chi connectivity index (χ0n) is 9.92. The second kappa shape index (κ2) is 6.75. The van der Waals surface area contributed by atoms with Crippen LogP contribution in [-0.4, -0.2) is 18.6 Å². The Bertz CT molecular complexity index is 480. The lowest BCUT2D eigenvalue weighted by atomic mass is 10.2. The Kier molecular flexibility index (Phi) is 5.33. The molecule has 1 aromatic carbocycles. The topological polar surface area (TPSA) is 64.9 Å². The van der Waals surface area contributed by atoms with Crippen LogP contribution in [0.15, 0.2) is 24.3 Å². The number of benzene rings is 1. The molecule has 0 aromatic heterocycles. The van der Waals surface area contributed by atoms with Crippen molar-refractivity contribution in [2.24, 2.45) is 0 Å². The van der Waals surface area contributed by atoms with E-state index in [4.69, 9.17) is 5.26 Å². The smallest absolute Gasteiger partial charge is 0.318 e. The summed E-state index contributed by atoms with van der Waals surface area (Å²) in [6.45, 7) is 0.910. The maximum Gasteiger partial charge on any atom is 0.471 e. The van der Waals surface area contributed by atoms with Crippen LogP contribution >= 0.6 is 0 Å². The fourth-order valence-corrected chi connectivity index (χ4v) is 1.34. The largest absolute Gasteiger partial charge is 0.471 e. The van der Waals surface area contributed by atoms with E-state index in [0.717, 1.165) is 5.56 Å². The lowest BCUT2D eigenvalue weighted by Crippen LogP contribution is -2.29. The third-order valence-corrected chi connectivity index (χ3v) is 2.19. The molecule has 4 nitrogen and oxygen atoms in total. The Labute approximate surface area is 108 Å². The lowest BCUT2D eigenvalue weighted by Gasteiger charge is -2.09. The van der Waals surface area contributed by atoms with Gasteiger partial charge in [-0.3, -0.25) is 4.79 Å². The van der Waals surface area contributed by atoms with Crippen molar-refractivity contribution in [2.45, 2.75) is 19.1 Å². The molecule has 7 heteroatoms. The van der Waals surface area contributed by atoms with Gasteiger partial charge in [-0.2, -0.15) is 18.4 Å². The Morgan fingerprint density at radius 2 is 2.11 bits per heavy atom. The van der Waals surface area contributed by atoms with Gasteiger partial charge < -0.3 is 10.6 Å². The Hall–Kier alpha value is -2.07. The summed E-state index contributed by atoms with van der Waals surface area (Å²) in [7, 11) is 0. The molecule has 0 fully saturated rings. The van der Waals surface area contributed by atoms with Gasteiger partial charge in [0.1, 0.15) is 0 Å². The van der Waals surface area contributed by atoms with Gasteiger partial charge in [0.2, 0.25) is 0 Å². The highest BCUT2D eigenvalue weighted by molar-refractivity contribution is 5.94. The van der Waals surface area contributed by atoms with Crippen LogP contribution in [0.4, 0.5) is 18.9 Å². The van der Waals surface area contributed by atoms with Crippen LogP contribution in [0.5, 0.6) is 0 Å². The van der Waals surface area contributed by atoms with E-state index in [9.17, 15) is 18.0 Å². The van der Waals surface area contributed by atoms with Crippen LogP contribution < -0.4 is 10.6 Å². The molecule has 0 radical (unpaired) electrons. The van der Waals surface area contributed by atoms with Gasteiger partial charge in [0.15, 0.2) is 0 Å². The number of amides is 1. The molecule has 102 valence electrons. The maximum atomic E-state index is 12.1. The number of rotatable bonds is 5. The number of nitriles is 1. The molecule has 0 unspecified atom stereocenters. The van der Waals surface area contributed by atoms with Gasteiger partial charge in [-0.15, -0.1) is 0 Å². The van der Waals surface area contributed by atoms with Crippen LogP contribution in [0.3, 0.4) is 0 Å². The molecule has 0 atom stereocenters. The first-order chi connectivity index (χ1) is 8.93. The summed E-state index contributed by atoms with van der Waals surface area (Å²) in [5, 5.41) is 13.1. The Morgan fingerprint density at radius 1 is 1.37 bits per heavy atom. The second-order valence-electron chi connectivity index (χ2n) is 3.74. The minimum absolute atomic E-state index is 0.0851. The van der Waals surface area contributed by atoms with Crippen molar-refractivity contribution in [2.75, 3.05) is 11.9 Å². The summed E-state index contributed by atoms with van der Waals surface area (Å²) in [6, 6.07) is 8.05. The zero-order valence-corrected chi connectivity index (χ0v) is 9.92. The van der Waals surface area contributed by atoms with Gasteiger partial charge in [-0.1, -0.05) is 12.1 Å². The Morgan fingerprint density at radius 3 is 2.74 bits per heavy atom. The fraction of sp³-hybridized carbons (Fsp3) is 0.333. The van der Waals surface area contributed by atoms with Crippen molar-refractivity contribution >= 4 is 11.6 Å². The highest BCUT2D eigenvalue weighted by Crippen LogP contribution is 2.18. The molecule has 1 rings (SSSR count). The van der Waals surface area contributed by atoms with Gasteiger partial charge in [-0.25, -0.2) is 0 Å². The predicted octanol–water partition coefficient (Wildman–Crippen LogP) is 2.19. The number of nitrogens with zero attached hydrogens (tertiary/aromatic N) is 1. The number of halogens is 3. The van der Waals surface area contributed by atoms with Gasteiger partial charge >= 0.3 is 12.1 Å². The van der Waals surface area contributed by atoms with Crippen molar-refractivity contribution in [1.29, 1.82) is 5.26 Å². The third kappa shape index (κ3) is 5.40. The zero-order chi connectivity index (χ0) is 14.3. The predicted molar refractivity (Wildman–Crippen MR) is 63.1 cm³/mol. The lowest BCUT2D eigenvalue weighted by molar-refractivity contribution is -0.167. The van der Waals surface area contributed by atoms with E-state index >= 15 is 0 Å². The SMILES string of the molecule is N#CCCNCc1cccc(NC(=O)C(F)(F)F)c1. The van der Waals surface area contributed by atoms with E-state index < -0.39 is 12.1 Å². The summed E-state index contributed by atoms with van der Waals surface area (Å²) < 4.78 is 36.2. The average Bonchev–Trinajstić information content (AvgIpc) is 2.34. The molecular formula is C12H12F3N3O. The molecule has 0 bridgehead atoms. The van der Waals surface area contributed by atoms with Crippen LogP contribution in [0.25, 0.3) is 0 Å². The number of carbonyl (C=O) groups is 1. The van der Waals surface area contributed by atoms with Gasteiger partial charge in [0, 0.05) is 25.2 Å². The summed E-state index contributed by atoms with van der Waals surface area (Å²) in [5.41, 5.74) is 0.805. The van der Waals surface area contributed by atoms with Crippen molar-refractivity contribution in [3.63, 3.8) is 0 Å². The molecule has 0 saturated carbocycles. The quantitative estimate of drug-likeness (QED) is 0.807. The molecule has 0 saturated heterocycles. The van der Waals surface area contributed by atoms with E-state index in [1.165, 1.54) is 12.1 Å². The molecule has 0 aliphatic rings. The van der Waals surface area contributed by atoms with E-state index in [0.29, 0.717) is 19.5 Å². The van der Waals surface area contributed by atoms with Gasteiger partial charge in [0.25, 0.3) is 0 Å². The van der Waals surface area contributed by atoms with E-state index in [1.807, 2.05) is 6.07 Å². The monoisotopic (exact) mass is 271 g/mol. The van der Waals surface area contributed by atoms with Gasteiger partial charge in [-0.05, 0) is 17.7 Å². The number of hydrogen-bond donors (Lipinski definition) is 2. The summed E-state index contributed by atoms with van der Waals surface area (Å²) in [4.78, 5) is 10.8. The second-order valence-corrected chi connectivity index (χ2v) is 3.74. The van der Waals surface area contributed by atoms with E-state index in [2.05, 4.69) is 5.32 Å². The molecule has 0 heterocycles. The first-order valence-corrected chi connectivity index (χ1v) is 5.48. The molecule has 0 aliphatic carbocycles. The molecule has 19 heavy (non-hydrogen) atoms. The molecule has 2 N–H and O–H groups in total. The average molecular weight is 271 g/mol. The van der Waals surface area contributed by atoms with Crippen LogP contribution in [0.1, 0.15) is 12.0 Å². The maximum absolute atomic E-state index is 12.1. The number of nitrogens with one attached hydrogen (secondary N) is 2. The third-order valence-electron chi connectivity index (χ3n) is 2.19. The van der Waals surface area contributed by atoms with Crippen molar-refractivity contribution in [1.82, 2.24) is 5.32 Å². The van der Waals surface area contributed by atoms with Crippen molar-refractivity contribution < 1.29 is 18.0 Å². The minimum atomic E-state index is -4.90. The summed E-state index contributed by atoms with van der Waals surface area (Å²) in [6.07, 6.45) is -4.55. The number of anilines is 1. The van der Waals surface area contributed by atoms with Crippen molar-refractivity contribution in [3.8, 4) is 6.07 Å². The number of carbonyl (C=O) groups excluding carboxylic acids is 1. The van der Waals surface area contributed by atoms with Gasteiger partial charge in [0.05, 0.1) is 6.07 Å². The Balaban J connectivity index is 2.57. The first-order valence-electron chi connectivity index (χ1n) is 5.48. The highest BCUT2D eigenvalue weighted by atomic mass is 19.4. The molecule has 0 aliphatic heterocycles. The number of hydrogen-bond acceptors (Lipinski definition) is 3. The molecule has 1 aromatic rings. The summed E-state index contributed by atoms with van der Waals surface area (Å²) >= 11 is 0. The summed E-state index contributed by atoms with van der Waals surface area (Å²) in [5.74, 6) is -2.00. The number of alkyl halides is 3. The fourth-order valence-electron chi connectivity index (χ4n) is 1.34. The van der Waals surface area contributed by atoms with Crippen LogP contribution in [-0.2, 0) is 11.3 Å².